The predicted molar refractivity (Wildman–Crippen MR) is 94.6 cm³/mol. The van der Waals surface area contributed by atoms with Gasteiger partial charge in [-0.2, -0.15) is 0 Å². The molecular formula is C19H39KN2. The first kappa shape index (κ1) is 23.6. The molecule has 2 aliphatic rings. The van der Waals surface area contributed by atoms with Crippen molar-refractivity contribution in [1.29, 1.82) is 0 Å². The molecular weight excluding hydrogens is 295 g/mol. The average Bonchev–Trinajstić information content (AvgIpc) is 2.99. The molecule has 2 nitrogen and oxygen atoms in total. The molecule has 126 valence electrons. The van der Waals surface area contributed by atoms with Gasteiger partial charge in [0, 0.05) is 0 Å². The van der Waals surface area contributed by atoms with Gasteiger partial charge in [0.15, 0.2) is 0 Å². The smallest absolute Gasteiger partial charge is 0.644 e. The van der Waals surface area contributed by atoms with Crippen LogP contribution in [0.1, 0.15) is 79.6 Å². The van der Waals surface area contributed by atoms with Crippen LogP contribution in [0.5, 0.6) is 0 Å². The molecule has 3 heteroatoms. The van der Waals surface area contributed by atoms with Crippen LogP contribution in [0.4, 0.5) is 0 Å². The van der Waals surface area contributed by atoms with E-state index < -0.39 is 0 Å². The molecule has 2 saturated carbocycles. The number of hydrogen-bond donors (Lipinski definition) is 1. The van der Waals surface area contributed by atoms with Crippen molar-refractivity contribution in [3.05, 3.63) is 5.32 Å². The molecule has 0 bridgehead atoms. The molecule has 0 heterocycles. The SMILES string of the molecule is CCC(C)C.CCC1CCCC1[N-]C(CC1CC1C)NC.[K+]. The predicted octanol–water partition coefficient (Wildman–Crippen LogP) is 2.59. The molecule has 0 aromatic rings. The van der Waals surface area contributed by atoms with Crippen molar-refractivity contribution >= 4 is 0 Å². The van der Waals surface area contributed by atoms with Crippen molar-refractivity contribution in [2.45, 2.75) is 91.8 Å². The zero-order valence-electron chi connectivity index (χ0n) is 16.4. The molecule has 2 fully saturated rings. The summed E-state index contributed by atoms with van der Waals surface area (Å²) in [6.45, 7) is 11.3. The normalized spacial score (nSPS) is 31.2. The minimum Gasteiger partial charge on any atom is -0.644 e. The fraction of sp³-hybridized carbons (Fsp3) is 1.00. The number of hydrogen-bond acceptors (Lipinski definition) is 1. The second kappa shape index (κ2) is 12.9. The molecule has 5 unspecified atom stereocenters. The summed E-state index contributed by atoms with van der Waals surface area (Å²) in [5.74, 6) is 3.65. The van der Waals surface area contributed by atoms with Gasteiger partial charge in [-0.15, -0.1) is 6.04 Å². The summed E-state index contributed by atoms with van der Waals surface area (Å²) in [6.07, 6.45) is 9.86. The van der Waals surface area contributed by atoms with E-state index in [1.165, 1.54) is 44.9 Å². The maximum atomic E-state index is 5.05. The van der Waals surface area contributed by atoms with Crippen molar-refractivity contribution in [3.8, 4) is 0 Å². The van der Waals surface area contributed by atoms with E-state index in [2.05, 4.69) is 47.0 Å². The molecule has 0 aromatic heterocycles. The third-order valence-electron chi connectivity index (χ3n) is 5.47. The molecule has 1 N–H and O–H groups in total. The fourth-order valence-corrected chi connectivity index (χ4v) is 3.19. The molecule has 2 aliphatic carbocycles. The Kier molecular flexibility index (Phi) is 13.8. The van der Waals surface area contributed by atoms with Crippen LogP contribution in [-0.2, 0) is 0 Å². The van der Waals surface area contributed by atoms with Crippen molar-refractivity contribution in [2.75, 3.05) is 7.05 Å². The van der Waals surface area contributed by atoms with Gasteiger partial charge in [-0.1, -0.05) is 85.2 Å². The zero-order chi connectivity index (χ0) is 15.8. The molecule has 0 aromatic carbocycles. The Morgan fingerprint density at radius 2 is 1.73 bits per heavy atom. The van der Waals surface area contributed by atoms with Crippen LogP contribution in [0.2, 0.25) is 0 Å². The van der Waals surface area contributed by atoms with Gasteiger partial charge in [0.2, 0.25) is 0 Å². The van der Waals surface area contributed by atoms with E-state index in [1.807, 2.05) is 0 Å². The van der Waals surface area contributed by atoms with Crippen molar-refractivity contribution in [2.24, 2.45) is 23.7 Å². The molecule has 22 heavy (non-hydrogen) atoms. The third kappa shape index (κ3) is 9.15. The molecule has 0 amide bonds. The number of nitrogens with one attached hydrogen (secondary N) is 1. The maximum Gasteiger partial charge on any atom is 1.00 e. The number of nitrogens with zero attached hydrogens (tertiary/aromatic N) is 1. The fourth-order valence-electron chi connectivity index (χ4n) is 3.19. The summed E-state index contributed by atoms with van der Waals surface area (Å²) in [5, 5.41) is 8.45. The van der Waals surface area contributed by atoms with Gasteiger partial charge in [0.25, 0.3) is 0 Å². The molecule has 2 rings (SSSR count). The molecule has 0 aliphatic heterocycles. The van der Waals surface area contributed by atoms with Gasteiger partial charge in [-0.3, -0.25) is 0 Å². The molecule has 0 radical (unpaired) electrons. The second-order valence-electron chi connectivity index (χ2n) is 7.63. The largest absolute Gasteiger partial charge is 1.00 e. The summed E-state index contributed by atoms with van der Waals surface area (Å²) in [4.78, 5) is 0. The van der Waals surface area contributed by atoms with Gasteiger partial charge in [0.05, 0.1) is 0 Å². The molecule has 0 spiro atoms. The first-order valence-corrected chi connectivity index (χ1v) is 9.38. The standard InChI is InChI=1S/C14H27N2.C5H12.K/c1-4-11-6-5-7-13(11)16-14(15-3)9-12-8-10(12)2;1-4-5(2)3;/h10-15H,4-9H2,1-3H3;5H,4H2,1-3H3;/q-1;;+1. The summed E-state index contributed by atoms with van der Waals surface area (Å²) in [6, 6.07) is 0.650. The van der Waals surface area contributed by atoms with E-state index in [0.29, 0.717) is 12.2 Å². The van der Waals surface area contributed by atoms with Crippen LogP contribution in [0.3, 0.4) is 0 Å². The van der Waals surface area contributed by atoms with Crippen LogP contribution in [0, 0.1) is 23.7 Å². The first-order valence-electron chi connectivity index (χ1n) is 9.38. The Bertz CT molecular complexity index is 270. The van der Waals surface area contributed by atoms with Gasteiger partial charge in [0.1, 0.15) is 0 Å². The van der Waals surface area contributed by atoms with Crippen molar-refractivity contribution in [1.82, 2.24) is 5.32 Å². The van der Waals surface area contributed by atoms with Gasteiger partial charge in [-0.25, -0.2) is 0 Å². The first-order chi connectivity index (χ1) is 10.0. The van der Waals surface area contributed by atoms with Crippen molar-refractivity contribution in [3.63, 3.8) is 0 Å². The van der Waals surface area contributed by atoms with E-state index >= 15 is 0 Å². The van der Waals surface area contributed by atoms with Gasteiger partial charge >= 0.3 is 51.4 Å². The average molecular weight is 335 g/mol. The monoisotopic (exact) mass is 334 g/mol. The topological polar surface area (TPSA) is 26.1 Å². The van der Waals surface area contributed by atoms with Crippen LogP contribution in [-0.4, -0.2) is 19.3 Å². The minimum atomic E-state index is 0. The third-order valence-corrected chi connectivity index (χ3v) is 5.47. The summed E-state index contributed by atoms with van der Waals surface area (Å²) < 4.78 is 0. The molecule has 0 saturated heterocycles. The van der Waals surface area contributed by atoms with E-state index in [4.69, 9.17) is 5.32 Å². The van der Waals surface area contributed by atoms with Gasteiger partial charge in [-0.05, 0) is 31.2 Å². The van der Waals surface area contributed by atoms with Crippen LogP contribution in [0.15, 0.2) is 0 Å². The Morgan fingerprint density at radius 3 is 2.14 bits per heavy atom. The van der Waals surface area contributed by atoms with Gasteiger partial charge < -0.3 is 10.6 Å². The Morgan fingerprint density at radius 1 is 1.14 bits per heavy atom. The Labute approximate surface area is 182 Å². The van der Waals surface area contributed by atoms with Crippen LogP contribution in [0.25, 0.3) is 5.32 Å². The number of rotatable bonds is 7. The molecule has 5 atom stereocenters. The maximum absolute atomic E-state index is 5.05. The summed E-state index contributed by atoms with van der Waals surface area (Å²) >= 11 is 0. The van der Waals surface area contributed by atoms with E-state index in [0.717, 1.165) is 23.7 Å². The Hall–Kier alpha value is 1.56. The minimum absolute atomic E-state index is 0. The van der Waals surface area contributed by atoms with E-state index in [9.17, 15) is 0 Å². The van der Waals surface area contributed by atoms with Crippen molar-refractivity contribution < 1.29 is 51.4 Å². The summed E-state index contributed by atoms with van der Waals surface area (Å²) in [7, 11) is 2.07. The zero-order valence-corrected chi connectivity index (χ0v) is 19.5. The van der Waals surface area contributed by atoms with E-state index in [-0.39, 0.29) is 51.4 Å². The van der Waals surface area contributed by atoms with E-state index in [1.54, 1.807) is 0 Å². The Balaban J connectivity index is 0.000000644. The van der Waals surface area contributed by atoms with Crippen LogP contribution >= 0.6 is 0 Å². The summed E-state index contributed by atoms with van der Waals surface area (Å²) in [5.41, 5.74) is 0. The second-order valence-corrected chi connectivity index (χ2v) is 7.63. The van der Waals surface area contributed by atoms with Crippen LogP contribution < -0.4 is 56.7 Å². The quantitative estimate of drug-likeness (QED) is 0.712.